The van der Waals surface area contributed by atoms with Crippen LogP contribution in [0.15, 0.2) is 42.5 Å². The molecule has 0 spiro atoms. The number of aryl methyl sites for hydroxylation is 1. The fourth-order valence-corrected chi connectivity index (χ4v) is 2.27. The Kier molecular flexibility index (Phi) is 2.68. The Balaban J connectivity index is 1.74. The van der Waals surface area contributed by atoms with Crippen LogP contribution in [0.5, 0.6) is 0 Å². The zero-order valence-corrected chi connectivity index (χ0v) is 9.86. The summed E-state index contributed by atoms with van der Waals surface area (Å²) >= 11 is 0. The maximum absolute atomic E-state index is 11.6. The van der Waals surface area contributed by atoms with Gasteiger partial charge in [-0.1, -0.05) is 42.5 Å². The highest BCUT2D eigenvalue weighted by Gasteiger charge is 2.28. The highest BCUT2D eigenvalue weighted by atomic mass is 16.1. The maximum Gasteiger partial charge on any atom is 0.136 e. The molecule has 0 heterocycles. The van der Waals surface area contributed by atoms with Crippen molar-refractivity contribution in [2.45, 2.75) is 25.7 Å². The second-order valence-electron chi connectivity index (χ2n) is 4.92. The number of hydrogen-bond acceptors (Lipinski definition) is 1. The van der Waals surface area contributed by atoms with Gasteiger partial charge in [0.05, 0.1) is 0 Å². The van der Waals surface area contributed by atoms with E-state index in [0.717, 1.165) is 19.3 Å². The Morgan fingerprint density at radius 1 is 1.06 bits per heavy atom. The second kappa shape index (κ2) is 4.33. The summed E-state index contributed by atoms with van der Waals surface area (Å²) in [5, 5.41) is 2.54. The number of Topliss-reactive ketones (excluding diaryl/α,β-unsaturated/α-hetero) is 1. The van der Waals surface area contributed by atoms with E-state index in [1.54, 1.807) is 0 Å². The third-order valence-corrected chi connectivity index (χ3v) is 3.51. The minimum Gasteiger partial charge on any atom is -0.299 e. The SMILES string of the molecule is O=C(CCc1ccc2ccccc2c1)C1CC1. The van der Waals surface area contributed by atoms with Crippen molar-refractivity contribution >= 4 is 16.6 Å². The molecule has 2 aromatic carbocycles. The van der Waals surface area contributed by atoms with Crippen LogP contribution in [-0.4, -0.2) is 5.78 Å². The number of carbonyl (C=O) groups is 1. The lowest BCUT2D eigenvalue weighted by Gasteiger charge is -2.03. The molecule has 0 aromatic heterocycles. The van der Waals surface area contributed by atoms with Gasteiger partial charge in [0.25, 0.3) is 0 Å². The summed E-state index contributed by atoms with van der Waals surface area (Å²) in [7, 11) is 0. The molecule has 86 valence electrons. The Bertz CT molecular complexity index is 552. The van der Waals surface area contributed by atoms with E-state index in [-0.39, 0.29) is 0 Å². The number of fused-ring (bicyclic) bond motifs is 1. The van der Waals surface area contributed by atoms with Gasteiger partial charge in [0.15, 0.2) is 0 Å². The van der Waals surface area contributed by atoms with Crippen molar-refractivity contribution < 1.29 is 4.79 Å². The standard InChI is InChI=1S/C16H16O/c17-16(14-8-9-14)10-6-12-5-7-13-3-1-2-4-15(13)11-12/h1-5,7,11,14H,6,8-10H2. The van der Waals surface area contributed by atoms with Gasteiger partial charge in [-0.15, -0.1) is 0 Å². The molecule has 1 aliphatic rings. The Morgan fingerprint density at radius 2 is 1.82 bits per heavy atom. The summed E-state index contributed by atoms with van der Waals surface area (Å²) in [6, 6.07) is 14.8. The monoisotopic (exact) mass is 224 g/mol. The van der Waals surface area contributed by atoms with Gasteiger partial charge >= 0.3 is 0 Å². The van der Waals surface area contributed by atoms with Gasteiger partial charge in [0, 0.05) is 12.3 Å². The predicted octanol–water partition coefficient (Wildman–Crippen LogP) is 3.75. The maximum atomic E-state index is 11.6. The summed E-state index contributed by atoms with van der Waals surface area (Å²) < 4.78 is 0. The first-order valence-electron chi connectivity index (χ1n) is 6.33. The molecule has 1 aliphatic carbocycles. The van der Waals surface area contributed by atoms with Crippen LogP contribution in [0.2, 0.25) is 0 Å². The summed E-state index contributed by atoms with van der Waals surface area (Å²) in [4.78, 5) is 11.6. The van der Waals surface area contributed by atoms with Crippen LogP contribution >= 0.6 is 0 Å². The van der Waals surface area contributed by atoms with E-state index in [1.165, 1.54) is 16.3 Å². The number of hydrogen-bond donors (Lipinski definition) is 0. The van der Waals surface area contributed by atoms with E-state index in [9.17, 15) is 4.79 Å². The number of carbonyl (C=O) groups excluding carboxylic acids is 1. The van der Waals surface area contributed by atoms with Crippen molar-refractivity contribution in [1.82, 2.24) is 0 Å². The summed E-state index contributed by atoms with van der Waals surface area (Å²) in [6.07, 6.45) is 3.84. The highest BCUT2D eigenvalue weighted by molar-refractivity contribution is 5.84. The van der Waals surface area contributed by atoms with Crippen molar-refractivity contribution in [3.05, 3.63) is 48.0 Å². The average molecular weight is 224 g/mol. The molecule has 2 aromatic rings. The van der Waals surface area contributed by atoms with Gasteiger partial charge in [0.1, 0.15) is 5.78 Å². The van der Waals surface area contributed by atoms with Crippen LogP contribution in [-0.2, 0) is 11.2 Å². The Labute approximate surface area is 101 Å². The summed E-state index contributed by atoms with van der Waals surface area (Å²) in [5.74, 6) is 0.855. The van der Waals surface area contributed by atoms with E-state index in [0.29, 0.717) is 18.1 Å². The van der Waals surface area contributed by atoms with Gasteiger partial charge in [-0.2, -0.15) is 0 Å². The molecule has 0 atom stereocenters. The van der Waals surface area contributed by atoms with Crippen molar-refractivity contribution in [1.29, 1.82) is 0 Å². The lowest BCUT2D eigenvalue weighted by molar-refractivity contribution is -0.120. The van der Waals surface area contributed by atoms with Crippen molar-refractivity contribution in [2.24, 2.45) is 5.92 Å². The molecule has 0 unspecified atom stereocenters. The fraction of sp³-hybridized carbons (Fsp3) is 0.312. The van der Waals surface area contributed by atoms with Crippen molar-refractivity contribution in [2.75, 3.05) is 0 Å². The molecule has 0 amide bonds. The molecule has 1 nitrogen and oxygen atoms in total. The quantitative estimate of drug-likeness (QED) is 0.773. The predicted molar refractivity (Wildman–Crippen MR) is 70.0 cm³/mol. The molecule has 0 radical (unpaired) electrons. The molecule has 0 N–H and O–H groups in total. The van der Waals surface area contributed by atoms with E-state index >= 15 is 0 Å². The number of rotatable bonds is 4. The number of benzene rings is 2. The van der Waals surface area contributed by atoms with Crippen LogP contribution < -0.4 is 0 Å². The van der Waals surface area contributed by atoms with Crippen molar-refractivity contribution in [3.8, 4) is 0 Å². The normalized spacial score (nSPS) is 15.1. The molecular formula is C16H16O. The summed E-state index contributed by atoms with van der Waals surface area (Å²) in [5.41, 5.74) is 1.28. The van der Waals surface area contributed by atoms with E-state index in [1.807, 2.05) is 0 Å². The van der Waals surface area contributed by atoms with Crippen LogP contribution in [0.1, 0.15) is 24.8 Å². The average Bonchev–Trinajstić information content (AvgIpc) is 3.20. The van der Waals surface area contributed by atoms with E-state index < -0.39 is 0 Å². The first-order chi connectivity index (χ1) is 8.33. The molecule has 17 heavy (non-hydrogen) atoms. The summed E-state index contributed by atoms with van der Waals surface area (Å²) in [6.45, 7) is 0. The minimum atomic E-state index is 0.399. The first-order valence-corrected chi connectivity index (χ1v) is 6.33. The fourth-order valence-electron chi connectivity index (χ4n) is 2.27. The second-order valence-corrected chi connectivity index (χ2v) is 4.92. The van der Waals surface area contributed by atoms with Crippen LogP contribution in [0.25, 0.3) is 10.8 Å². The third kappa shape index (κ3) is 2.38. The van der Waals surface area contributed by atoms with E-state index in [4.69, 9.17) is 0 Å². The zero-order chi connectivity index (χ0) is 11.7. The molecule has 1 saturated carbocycles. The highest BCUT2D eigenvalue weighted by Crippen LogP contribution is 2.31. The van der Waals surface area contributed by atoms with E-state index in [2.05, 4.69) is 42.5 Å². The minimum absolute atomic E-state index is 0.399. The topological polar surface area (TPSA) is 17.1 Å². The lowest BCUT2D eigenvalue weighted by atomic mass is 10.0. The molecule has 1 heteroatoms. The third-order valence-electron chi connectivity index (χ3n) is 3.51. The first kappa shape index (κ1) is 10.5. The smallest absolute Gasteiger partial charge is 0.136 e. The number of ketones is 1. The Hall–Kier alpha value is -1.63. The van der Waals surface area contributed by atoms with Crippen LogP contribution in [0.3, 0.4) is 0 Å². The van der Waals surface area contributed by atoms with Gasteiger partial charge in [-0.3, -0.25) is 4.79 Å². The molecule has 0 aliphatic heterocycles. The Morgan fingerprint density at radius 3 is 2.59 bits per heavy atom. The van der Waals surface area contributed by atoms with Gasteiger partial charge < -0.3 is 0 Å². The van der Waals surface area contributed by atoms with Crippen LogP contribution in [0, 0.1) is 5.92 Å². The van der Waals surface area contributed by atoms with Crippen LogP contribution in [0.4, 0.5) is 0 Å². The molecular weight excluding hydrogens is 208 g/mol. The molecule has 0 saturated heterocycles. The zero-order valence-electron chi connectivity index (χ0n) is 9.86. The van der Waals surface area contributed by atoms with Gasteiger partial charge in [-0.25, -0.2) is 0 Å². The lowest BCUT2D eigenvalue weighted by Crippen LogP contribution is -2.01. The molecule has 0 bridgehead atoms. The molecule has 3 rings (SSSR count). The molecule has 1 fully saturated rings. The largest absolute Gasteiger partial charge is 0.299 e. The van der Waals surface area contributed by atoms with Gasteiger partial charge in [-0.05, 0) is 35.6 Å². The van der Waals surface area contributed by atoms with Crippen molar-refractivity contribution in [3.63, 3.8) is 0 Å². The van der Waals surface area contributed by atoms with Gasteiger partial charge in [0.2, 0.25) is 0 Å².